The molecule has 0 aliphatic rings. The van der Waals surface area contributed by atoms with Crippen molar-refractivity contribution in [3.05, 3.63) is 29.6 Å². The highest BCUT2D eigenvalue weighted by atomic mass is 19.3. The number of alkyl halides is 2. The number of hydrogen-bond donors (Lipinski definition) is 1. The van der Waals surface area contributed by atoms with E-state index in [1.807, 2.05) is 0 Å². The van der Waals surface area contributed by atoms with E-state index in [2.05, 4.69) is 0 Å². The largest absolute Gasteiger partial charge is 0.398 e. The van der Waals surface area contributed by atoms with Gasteiger partial charge in [-0.3, -0.25) is 0 Å². The zero-order valence-electron chi connectivity index (χ0n) is 5.52. The summed E-state index contributed by atoms with van der Waals surface area (Å²) in [6, 6.07) is 3.49. The Balaban J connectivity index is 3.21. The molecule has 0 aliphatic carbocycles. The van der Waals surface area contributed by atoms with E-state index in [-0.39, 0.29) is 5.69 Å². The van der Waals surface area contributed by atoms with Crippen LogP contribution in [0.15, 0.2) is 18.2 Å². The first-order valence-corrected chi connectivity index (χ1v) is 2.95. The van der Waals surface area contributed by atoms with Crippen LogP contribution in [0.3, 0.4) is 0 Å². The fraction of sp³-hybridized carbons (Fsp3) is 0.143. The van der Waals surface area contributed by atoms with Crippen molar-refractivity contribution in [2.75, 3.05) is 5.73 Å². The summed E-state index contributed by atoms with van der Waals surface area (Å²) < 4.78 is 36.5. The van der Waals surface area contributed by atoms with Gasteiger partial charge in [0.25, 0.3) is 6.43 Å². The topological polar surface area (TPSA) is 26.0 Å². The second-order valence-corrected chi connectivity index (χ2v) is 2.04. The predicted molar refractivity (Wildman–Crippen MR) is 35.8 cm³/mol. The minimum absolute atomic E-state index is 0.208. The van der Waals surface area contributed by atoms with E-state index in [4.69, 9.17) is 5.73 Å². The first-order valence-electron chi connectivity index (χ1n) is 2.95. The van der Waals surface area contributed by atoms with E-state index in [1.54, 1.807) is 0 Å². The van der Waals surface area contributed by atoms with Gasteiger partial charge in [0.1, 0.15) is 5.82 Å². The van der Waals surface area contributed by atoms with Gasteiger partial charge in [-0.05, 0) is 12.1 Å². The molecule has 1 aromatic carbocycles. The summed E-state index contributed by atoms with van der Waals surface area (Å²) in [4.78, 5) is 0. The highest BCUT2D eigenvalue weighted by molar-refractivity contribution is 5.47. The Morgan fingerprint density at radius 3 is 2.27 bits per heavy atom. The Morgan fingerprint density at radius 2 is 1.91 bits per heavy atom. The molecule has 0 saturated heterocycles. The molecule has 0 fully saturated rings. The summed E-state index contributed by atoms with van der Waals surface area (Å²) in [5, 5.41) is 0. The van der Waals surface area contributed by atoms with E-state index in [0.717, 1.165) is 6.07 Å². The van der Waals surface area contributed by atoms with Gasteiger partial charge in [-0.2, -0.15) is 0 Å². The number of anilines is 1. The smallest absolute Gasteiger partial charge is 0.268 e. The molecule has 0 saturated carbocycles. The molecular weight excluding hydrogens is 155 g/mol. The first-order chi connectivity index (χ1) is 5.13. The lowest BCUT2D eigenvalue weighted by molar-refractivity contribution is 0.147. The molecular formula is C7H6F3N. The Morgan fingerprint density at radius 1 is 1.27 bits per heavy atom. The monoisotopic (exact) mass is 161 g/mol. The van der Waals surface area contributed by atoms with Crippen LogP contribution < -0.4 is 5.73 Å². The Bertz CT molecular complexity index is 240. The van der Waals surface area contributed by atoms with Crippen LogP contribution >= 0.6 is 0 Å². The van der Waals surface area contributed by atoms with E-state index in [1.165, 1.54) is 12.1 Å². The van der Waals surface area contributed by atoms with Crippen molar-refractivity contribution >= 4 is 5.69 Å². The van der Waals surface area contributed by atoms with E-state index in [9.17, 15) is 13.2 Å². The zero-order chi connectivity index (χ0) is 8.43. The van der Waals surface area contributed by atoms with Gasteiger partial charge in [-0.1, -0.05) is 6.07 Å². The van der Waals surface area contributed by atoms with Crippen LogP contribution in [0.1, 0.15) is 12.0 Å². The summed E-state index contributed by atoms with van der Waals surface area (Å²) in [5.74, 6) is -0.958. The molecule has 0 heterocycles. The third kappa shape index (κ3) is 1.45. The van der Waals surface area contributed by atoms with Gasteiger partial charge in [-0.25, -0.2) is 13.2 Å². The van der Waals surface area contributed by atoms with E-state index in [0.29, 0.717) is 0 Å². The second kappa shape index (κ2) is 2.82. The molecule has 0 radical (unpaired) electrons. The second-order valence-electron chi connectivity index (χ2n) is 2.04. The molecule has 1 nitrogen and oxygen atoms in total. The van der Waals surface area contributed by atoms with Gasteiger partial charge >= 0.3 is 0 Å². The van der Waals surface area contributed by atoms with Crippen molar-refractivity contribution in [1.82, 2.24) is 0 Å². The maximum absolute atomic E-state index is 12.5. The number of halogens is 3. The maximum Gasteiger partial charge on any atom is 0.268 e. The standard InChI is InChI=1S/C7H6F3N/c8-4-2-1-3-5(11)6(4)7(9)10/h1-3,7H,11H2. The number of rotatable bonds is 1. The Kier molecular flexibility index (Phi) is 2.03. The van der Waals surface area contributed by atoms with Crippen LogP contribution in [0.5, 0.6) is 0 Å². The Hall–Kier alpha value is -1.19. The predicted octanol–water partition coefficient (Wildman–Crippen LogP) is 2.35. The molecule has 1 rings (SSSR count). The maximum atomic E-state index is 12.5. The highest BCUT2D eigenvalue weighted by Crippen LogP contribution is 2.26. The van der Waals surface area contributed by atoms with Crippen LogP contribution in [0.4, 0.5) is 18.9 Å². The number of nitrogen functional groups attached to an aromatic ring is 1. The van der Waals surface area contributed by atoms with Crippen molar-refractivity contribution in [3.63, 3.8) is 0 Å². The normalized spacial score (nSPS) is 10.5. The van der Waals surface area contributed by atoms with Gasteiger partial charge in [0.2, 0.25) is 0 Å². The van der Waals surface area contributed by atoms with E-state index >= 15 is 0 Å². The molecule has 0 bridgehead atoms. The van der Waals surface area contributed by atoms with Crippen molar-refractivity contribution in [1.29, 1.82) is 0 Å². The molecule has 0 spiro atoms. The van der Waals surface area contributed by atoms with E-state index < -0.39 is 17.8 Å². The SMILES string of the molecule is Nc1cccc(F)c1C(F)F. The van der Waals surface area contributed by atoms with Gasteiger partial charge in [0.15, 0.2) is 0 Å². The number of benzene rings is 1. The Labute approximate surface area is 61.6 Å². The average Bonchev–Trinajstić information content (AvgIpc) is 1.85. The van der Waals surface area contributed by atoms with Gasteiger partial charge in [0.05, 0.1) is 5.56 Å². The molecule has 0 unspecified atom stereocenters. The minimum atomic E-state index is -2.85. The average molecular weight is 161 g/mol. The molecule has 0 amide bonds. The van der Waals surface area contributed by atoms with Gasteiger partial charge < -0.3 is 5.73 Å². The van der Waals surface area contributed by atoms with Gasteiger partial charge in [0, 0.05) is 5.69 Å². The third-order valence-corrected chi connectivity index (χ3v) is 1.30. The van der Waals surface area contributed by atoms with Crippen molar-refractivity contribution < 1.29 is 13.2 Å². The summed E-state index contributed by atoms with van der Waals surface area (Å²) >= 11 is 0. The quantitative estimate of drug-likeness (QED) is 0.628. The van der Waals surface area contributed by atoms with Crippen molar-refractivity contribution in [3.8, 4) is 0 Å². The van der Waals surface area contributed by atoms with Crippen molar-refractivity contribution in [2.45, 2.75) is 6.43 Å². The van der Waals surface area contributed by atoms with Crippen LogP contribution in [0.25, 0.3) is 0 Å². The fourth-order valence-electron chi connectivity index (χ4n) is 0.784. The first kappa shape index (κ1) is 7.91. The van der Waals surface area contributed by atoms with Crippen LogP contribution in [-0.4, -0.2) is 0 Å². The summed E-state index contributed by atoms with van der Waals surface area (Å²) in [6.07, 6.45) is -2.85. The van der Waals surface area contributed by atoms with Crippen molar-refractivity contribution in [2.24, 2.45) is 0 Å². The molecule has 11 heavy (non-hydrogen) atoms. The molecule has 60 valence electrons. The zero-order valence-corrected chi connectivity index (χ0v) is 5.52. The van der Waals surface area contributed by atoms with Crippen LogP contribution in [0, 0.1) is 5.82 Å². The third-order valence-electron chi connectivity index (χ3n) is 1.30. The number of nitrogens with two attached hydrogens (primary N) is 1. The molecule has 2 N–H and O–H groups in total. The lowest BCUT2D eigenvalue weighted by Gasteiger charge is -2.03. The number of hydrogen-bond acceptors (Lipinski definition) is 1. The fourth-order valence-corrected chi connectivity index (χ4v) is 0.784. The summed E-state index contributed by atoms with van der Waals surface area (Å²) in [5.41, 5.74) is 4.18. The molecule has 0 atom stereocenters. The molecule has 4 heteroatoms. The summed E-state index contributed by atoms with van der Waals surface area (Å²) in [7, 11) is 0. The van der Waals surface area contributed by atoms with Gasteiger partial charge in [-0.15, -0.1) is 0 Å². The lowest BCUT2D eigenvalue weighted by atomic mass is 10.2. The summed E-state index contributed by atoms with van der Waals surface area (Å²) in [6.45, 7) is 0. The minimum Gasteiger partial charge on any atom is -0.398 e. The molecule has 0 aliphatic heterocycles. The van der Waals surface area contributed by atoms with Crippen LogP contribution in [-0.2, 0) is 0 Å². The lowest BCUT2D eigenvalue weighted by Crippen LogP contribution is -1.97. The van der Waals surface area contributed by atoms with Crippen LogP contribution in [0.2, 0.25) is 0 Å². The molecule has 1 aromatic rings. The molecule has 0 aromatic heterocycles. The highest BCUT2D eigenvalue weighted by Gasteiger charge is 2.15.